The maximum Gasteiger partial charge on any atom is 0.472 e. The zero-order valence-corrected chi connectivity index (χ0v) is 22.2. The van der Waals surface area contributed by atoms with Gasteiger partial charge >= 0.3 is 13.8 Å². The van der Waals surface area contributed by atoms with E-state index in [4.69, 9.17) is 4.74 Å². The number of rotatable bonds is 24. The van der Waals surface area contributed by atoms with E-state index in [9.17, 15) is 24.2 Å². The molecule has 0 heterocycles. The lowest BCUT2D eigenvalue weighted by Crippen LogP contribution is -2.26. The zero-order valence-electron chi connectivity index (χ0n) is 21.3. The standard InChI is InChI=1S/C24H48NO8P/c1-3-5-6-7-8-9-10-11-12-13-14-15-16-17-24(28)31-20-22(26)21-33-34(29,30)32-19-18-25-23(27)4-2/h22,26H,3-21H2,1-2H3,(H,25,27)(H,29,30). The summed E-state index contributed by atoms with van der Waals surface area (Å²) in [6.45, 7) is 2.96. The second-order valence-corrected chi connectivity index (χ2v) is 10.1. The molecule has 0 aliphatic heterocycles. The van der Waals surface area contributed by atoms with Gasteiger partial charge < -0.3 is 20.1 Å². The molecule has 1 amide bonds. The smallest absolute Gasteiger partial charge is 0.463 e. The predicted octanol–water partition coefficient (Wildman–Crippen LogP) is 5.03. The molecule has 10 heteroatoms. The van der Waals surface area contributed by atoms with E-state index in [2.05, 4.69) is 21.3 Å². The molecule has 0 radical (unpaired) electrons. The van der Waals surface area contributed by atoms with Crippen molar-refractivity contribution in [3.05, 3.63) is 0 Å². The van der Waals surface area contributed by atoms with E-state index in [1.54, 1.807) is 6.92 Å². The number of aliphatic hydroxyl groups excluding tert-OH is 1. The molecule has 9 nitrogen and oxygen atoms in total. The molecule has 0 fully saturated rings. The van der Waals surface area contributed by atoms with E-state index in [1.165, 1.54) is 64.2 Å². The first-order valence-corrected chi connectivity index (χ1v) is 14.5. The molecule has 0 aliphatic carbocycles. The summed E-state index contributed by atoms with van der Waals surface area (Å²) in [5.41, 5.74) is 0. The molecule has 0 aromatic rings. The Hall–Kier alpha value is -0.990. The Morgan fingerprint density at radius 1 is 0.824 bits per heavy atom. The Kier molecular flexibility index (Phi) is 21.8. The SMILES string of the molecule is CCCCCCCCCCCCCCCC(=O)OCC(O)COP(=O)(O)OCCNC(=O)CC. The fourth-order valence-corrected chi connectivity index (χ4v) is 4.05. The lowest BCUT2D eigenvalue weighted by atomic mass is 10.0. The van der Waals surface area contributed by atoms with Gasteiger partial charge in [0.1, 0.15) is 12.7 Å². The second-order valence-electron chi connectivity index (χ2n) is 8.63. The Bertz CT molecular complexity index is 561. The van der Waals surface area contributed by atoms with Gasteiger partial charge in [-0.2, -0.15) is 0 Å². The second kappa shape index (κ2) is 22.5. The third-order valence-corrected chi connectivity index (χ3v) is 6.34. The van der Waals surface area contributed by atoms with Gasteiger partial charge in [0.15, 0.2) is 0 Å². The molecule has 0 aliphatic rings. The Labute approximate surface area is 205 Å². The number of carbonyl (C=O) groups is 2. The monoisotopic (exact) mass is 509 g/mol. The Morgan fingerprint density at radius 2 is 1.35 bits per heavy atom. The molecular weight excluding hydrogens is 461 g/mol. The van der Waals surface area contributed by atoms with Crippen LogP contribution in [0.3, 0.4) is 0 Å². The highest BCUT2D eigenvalue weighted by Crippen LogP contribution is 2.42. The van der Waals surface area contributed by atoms with E-state index in [1.807, 2.05) is 0 Å². The molecule has 0 spiro atoms. The fraction of sp³-hybridized carbons (Fsp3) is 0.917. The summed E-state index contributed by atoms with van der Waals surface area (Å²) in [5, 5.41) is 12.3. The quantitative estimate of drug-likeness (QED) is 0.0938. The third-order valence-electron chi connectivity index (χ3n) is 5.35. The van der Waals surface area contributed by atoms with Crippen molar-refractivity contribution in [2.75, 3.05) is 26.4 Å². The molecule has 2 atom stereocenters. The van der Waals surface area contributed by atoms with Crippen molar-refractivity contribution in [3.8, 4) is 0 Å². The first kappa shape index (κ1) is 33.0. The van der Waals surface area contributed by atoms with Crippen molar-refractivity contribution in [2.24, 2.45) is 0 Å². The van der Waals surface area contributed by atoms with Crippen molar-refractivity contribution in [3.63, 3.8) is 0 Å². The van der Waals surface area contributed by atoms with Gasteiger partial charge in [0.05, 0.1) is 13.2 Å². The predicted molar refractivity (Wildman–Crippen MR) is 132 cm³/mol. The largest absolute Gasteiger partial charge is 0.472 e. The van der Waals surface area contributed by atoms with Gasteiger partial charge in [0.2, 0.25) is 5.91 Å². The van der Waals surface area contributed by atoms with Gasteiger partial charge in [-0.15, -0.1) is 0 Å². The van der Waals surface area contributed by atoms with Crippen LogP contribution in [0.4, 0.5) is 0 Å². The van der Waals surface area contributed by atoms with Crippen molar-refractivity contribution in [1.82, 2.24) is 5.32 Å². The molecule has 202 valence electrons. The first-order valence-electron chi connectivity index (χ1n) is 13.0. The molecule has 34 heavy (non-hydrogen) atoms. The fourth-order valence-electron chi connectivity index (χ4n) is 3.29. The van der Waals surface area contributed by atoms with Gasteiger partial charge in [-0.3, -0.25) is 18.6 Å². The minimum atomic E-state index is -4.36. The van der Waals surface area contributed by atoms with Crippen LogP contribution in [0.15, 0.2) is 0 Å². The maximum absolute atomic E-state index is 11.8. The normalized spacial score (nSPS) is 13.9. The highest BCUT2D eigenvalue weighted by Gasteiger charge is 2.23. The number of hydrogen-bond donors (Lipinski definition) is 3. The van der Waals surface area contributed by atoms with Gasteiger partial charge in [0, 0.05) is 19.4 Å². The molecule has 3 N–H and O–H groups in total. The van der Waals surface area contributed by atoms with Crippen LogP contribution in [0.5, 0.6) is 0 Å². The van der Waals surface area contributed by atoms with E-state index in [0.29, 0.717) is 6.42 Å². The summed E-state index contributed by atoms with van der Waals surface area (Å²) in [5.74, 6) is -0.606. The van der Waals surface area contributed by atoms with E-state index in [0.717, 1.165) is 19.3 Å². The summed E-state index contributed by atoms with van der Waals surface area (Å²) in [6.07, 6.45) is 15.3. The number of phosphoric acid groups is 1. The molecule has 2 unspecified atom stereocenters. The minimum absolute atomic E-state index is 0.0694. The lowest BCUT2D eigenvalue weighted by Gasteiger charge is -2.15. The van der Waals surface area contributed by atoms with Crippen molar-refractivity contribution in [1.29, 1.82) is 0 Å². The van der Waals surface area contributed by atoms with E-state index >= 15 is 0 Å². The maximum atomic E-state index is 11.8. The average molecular weight is 510 g/mol. The van der Waals surface area contributed by atoms with Gasteiger partial charge in [-0.25, -0.2) is 4.57 Å². The van der Waals surface area contributed by atoms with Crippen LogP contribution >= 0.6 is 7.82 Å². The lowest BCUT2D eigenvalue weighted by molar-refractivity contribution is -0.147. The van der Waals surface area contributed by atoms with Crippen molar-refractivity contribution in [2.45, 2.75) is 116 Å². The van der Waals surface area contributed by atoms with Crippen LogP contribution in [-0.2, 0) is 27.9 Å². The number of esters is 1. The number of hydrogen-bond acceptors (Lipinski definition) is 7. The number of nitrogens with one attached hydrogen (secondary N) is 1. The van der Waals surface area contributed by atoms with Gasteiger partial charge in [-0.1, -0.05) is 90.9 Å². The topological polar surface area (TPSA) is 131 Å². The summed E-state index contributed by atoms with van der Waals surface area (Å²) in [6, 6.07) is 0. The number of ether oxygens (including phenoxy) is 1. The van der Waals surface area contributed by atoms with Crippen LogP contribution in [0.2, 0.25) is 0 Å². The van der Waals surface area contributed by atoms with Crippen LogP contribution in [0, 0.1) is 0 Å². The average Bonchev–Trinajstić information content (AvgIpc) is 2.82. The minimum Gasteiger partial charge on any atom is -0.463 e. The summed E-state index contributed by atoms with van der Waals surface area (Å²) < 4.78 is 26.0. The third kappa shape index (κ3) is 22.8. The van der Waals surface area contributed by atoms with Gasteiger partial charge in [0.25, 0.3) is 0 Å². The number of aliphatic hydroxyl groups is 1. The van der Waals surface area contributed by atoms with Crippen LogP contribution in [-0.4, -0.2) is 54.3 Å². The molecule has 0 saturated carbocycles. The van der Waals surface area contributed by atoms with Crippen LogP contribution in [0.1, 0.15) is 110 Å². The number of unbranched alkanes of at least 4 members (excludes halogenated alkanes) is 12. The number of amides is 1. The van der Waals surface area contributed by atoms with Crippen molar-refractivity contribution < 1.29 is 37.9 Å². The molecule has 0 aromatic heterocycles. The van der Waals surface area contributed by atoms with Crippen LogP contribution < -0.4 is 5.32 Å². The van der Waals surface area contributed by atoms with E-state index < -0.39 is 26.5 Å². The summed E-state index contributed by atoms with van der Waals surface area (Å²) in [4.78, 5) is 32.4. The Balaban J connectivity index is 3.57. The molecular formula is C24H48NO8P. The Morgan fingerprint density at radius 3 is 1.88 bits per heavy atom. The number of carbonyl (C=O) groups excluding carboxylic acids is 2. The highest BCUT2D eigenvalue weighted by atomic mass is 31.2. The molecule has 0 aromatic carbocycles. The van der Waals surface area contributed by atoms with Crippen LogP contribution in [0.25, 0.3) is 0 Å². The first-order chi connectivity index (χ1) is 16.3. The summed E-state index contributed by atoms with van der Waals surface area (Å²) in [7, 11) is -4.36. The number of phosphoric ester groups is 1. The highest BCUT2D eigenvalue weighted by molar-refractivity contribution is 7.47. The molecule has 0 saturated heterocycles. The zero-order chi connectivity index (χ0) is 25.5. The van der Waals surface area contributed by atoms with Gasteiger partial charge in [-0.05, 0) is 6.42 Å². The summed E-state index contributed by atoms with van der Waals surface area (Å²) >= 11 is 0. The van der Waals surface area contributed by atoms with Crippen molar-refractivity contribution >= 4 is 19.7 Å². The molecule has 0 rings (SSSR count). The van der Waals surface area contributed by atoms with E-state index in [-0.39, 0.29) is 32.1 Å². The molecule has 0 bridgehead atoms.